The smallest absolute Gasteiger partial charge is 0.0743 e. The summed E-state index contributed by atoms with van der Waals surface area (Å²) in [4.78, 5) is 2.11. The van der Waals surface area contributed by atoms with Gasteiger partial charge in [-0.15, -0.1) is 0 Å². The van der Waals surface area contributed by atoms with Crippen LogP contribution in [0.2, 0.25) is 10.0 Å². The number of hydrogen-bond donors (Lipinski definition) is 1. The van der Waals surface area contributed by atoms with Crippen LogP contribution in [0.1, 0.15) is 12.8 Å². The highest BCUT2D eigenvalue weighted by Crippen LogP contribution is 2.36. The van der Waals surface area contributed by atoms with E-state index >= 15 is 0 Å². The van der Waals surface area contributed by atoms with Gasteiger partial charge < -0.3 is 15.4 Å². The third kappa shape index (κ3) is 3.22. The minimum atomic E-state index is 0.591. The zero-order valence-corrected chi connectivity index (χ0v) is 12.0. The van der Waals surface area contributed by atoms with E-state index in [-0.39, 0.29) is 0 Å². The second-order valence-corrected chi connectivity index (χ2v) is 5.58. The van der Waals surface area contributed by atoms with Crippen molar-refractivity contribution in [3.05, 3.63) is 22.2 Å². The molecule has 0 saturated carbocycles. The van der Waals surface area contributed by atoms with Crippen LogP contribution in [0.25, 0.3) is 0 Å². The van der Waals surface area contributed by atoms with Gasteiger partial charge in [0, 0.05) is 32.5 Å². The van der Waals surface area contributed by atoms with Crippen LogP contribution in [0.15, 0.2) is 12.1 Å². The van der Waals surface area contributed by atoms with E-state index in [9.17, 15) is 0 Å². The van der Waals surface area contributed by atoms with Crippen molar-refractivity contribution in [1.82, 2.24) is 0 Å². The van der Waals surface area contributed by atoms with Crippen LogP contribution in [-0.2, 0) is 4.74 Å². The molecule has 0 aliphatic carbocycles. The van der Waals surface area contributed by atoms with Crippen LogP contribution in [-0.4, -0.2) is 26.8 Å². The summed E-state index contributed by atoms with van der Waals surface area (Å²) >= 11 is 12.4. The molecule has 0 radical (unpaired) electrons. The van der Waals surface area contributed by atoms with Crippen molar-refractivity contribution in [2.45, 2.75) is 12.8 Å². The van der Waals surface area contributed by atoms with Gasteiger partial charge in [-0.05, 0) is 30.9 Å². The monoisotopic (exact) mass is 288 g/mol. The Kier molecular flexibility index (Phi) is 4.60. The molecule has 1 fully saturated rings. The number of benzene rings is 1. The van der Waals surface area contributed by atoms with Crippen molar-refractivity contribution >= 4 is 34.6 Å². The fraction of sp³-hybridized carbons (Fsp3) is 0.538. The summed E-state index contributed by atoms with van der Waals surface area (Å²) in [6.45, 7) is 2.64. The van der Waals surface area contributed by atoms with E-state index < -0.39 is 0 Å². The zero-order chi connectivity index (χ0) is 13.1. The predicted octanol–water partition coefficient (Wildman–Crippen LogP) is 3.44. The Bertz CT molecular complexity index is 396. The summed E-state index contributed by atoms with van der Waals surface area (Å²) in [5, 5.41) is 1.21. The van der Waals surface area contributed by atoms with Gasteiger partial charge in [-0.1, -0.05) is 23.2 Å². The maximum atomic E-state index is 6.22. The molecule has 3 nitrogen and oxygen atoms in total. The normalized spacial score (nSPS) is 16.8. The van der Waals surface area contributed by atoms with Gasteiger partial charge in [-0.3, -0.25) is 0 Å². The molecule has 1 aliphatic rings. The quantitative estimate of drug-likeness (QED) is 0.866. The SMILES string of the molecule is CN(CC1CCOCC1)c1c(Cl)cc(N)cc1Cl. The molecule has 2 rings (SSSR count). The largest absolute Gasteiger partial charge is 0.399 e. The first-order chi connectivity index (χ1) is 8.58. The van der Waals surface area contributed by atoms with Crippen molar-refractivity contribution in [2.75, 3.05) is 37.4 Å². The van der Waals surface area contributed by atoms with Crippen LogP contribution in [0.5, 0.6) is 0 Å². The van der Waals surface area contributed by atoms with E-state index in [1.165, 1.54) is 0 Å². The number of nitrogens with two attached hydrogens (primary N) is 1. The minimum absolute atomic E-state index is 0.591. The fourth-order valence-electron chi connectivity index (χ4n) is 2.36. The number of anilines is 2. The van der Waals surface area contributed by atoms with E-state index in [4.69, 9.17) is 33.7 Å². The highest BCUT2D eigenvalue weighted by molar-refractivity contribution is 6.39. The van der Waals surface area contributed by atoms with Gasteiger partial charge in [0.05, 0.1) is 15.7 Å². The Morgan fingerprint density at radius 3 is 2.39 bits per heavy atom. The van der Waals surface area contributed by atoms with E-state index in [0.717, 1.165) is 38.3 Å². The van der Waals surface area contributed by atoms with Crippen LogP contribution in [0.4, 0.5) is 11.4 Å². The van der Waals surface area contributed by atoms with Crippen LogP contribution < -0.4 is 10.6 Å². The summed E-state index contributed by atoms with van der Waals surface area (Å²) in [6.07, 6.45) is 2.18. The average Bonchev–Trinajstić information content (AvgIpc) is 2.28. The molecule has 0 unspecified atom stereocenters. The summed E-state index contributed by atoms with van der Waals surface area (Å²) in [5.74, 6) is 0.633. The second kappa shape index (κ2) is 6.00. The first-order valence-electron chi connectivity index (χ1n) is 6.11. The summed E-state index contributed by atoms with van der Waals surface area (Å²) in [7, 11) is 2.01. The lowest BCUT2D eigenvalue weighted by molar-refractivity contribution is 0.0685. The fourth-order valence-corrected chi connectivity index (χ4v) is 3.15. The molecule has 0 amide bonds. The molecule has 1 aliphatic heterocycles. The average molecular weight is 289 g/mol. The van der Waals surface area contributed by atoms with Gasteiger partial charge in [0.15, 0.2) is 0 Å². The standard InChI is InChI=1S/C13H18Cl2N2O/c1-17(8-9-2-4-18-5-3-9)13-11(14)6-10(16)7-12(13)15/h6-7,9H,2-5,8,16H2,1H3. The Balaban J connectivity index is 2.10. The first-order valence-corrected chi connectivity index (χ1v) is 6.87. The molecule has 0 aromatic heterocycles. The summed E-state index contributed by atoms with van der Waals surface area (Å²) < 4.78 is 5.36. The molecule has 1 aromatic carbocycles. The lowest BCUT2D eigenvalue weighted by Crippen LogP contribution is -2.29. The molecular formula is C13H18Cl2N2O. The van der Waals surface area contributed by atoms with Gasteiger partial charge in [0.25, 0.3) is 0 Å². The molecule has 100 valence electrons. The number of ether oxygens (including phenoxy) is 1. The molecule has 0 atom stereocenters. The van der Waals surface area contributed by atoms with Gasteiger partial charge in [0.1, 0.15) is 0 Å². The summed E-state index contributed by atoms with van der Waals surface area (Å²) in [6, 6.07) is 3.48. The summed E-state index contributed by atoms with van der Waals surface area (Å²) in [5.41, 5.74) is 7.16. The topological polar surface area (TPSA) is 38.5 Å². The number of rotatable bonds is 3. The molecule has 0 bridgehead atoms. The minimum Gasteiger partial charge on any atom is -0.399 e. The lowest BCUT2D eigenvalue weighted by atomic mass is 9.99. The van der Waals surface area contributed by atoms with E-state index in [1.807, 2.05) is 7.05 Å². The van der Waals surface area contributed by atoms with Crippen molar-refractivity contribution < 1.29 is 4.74 Å². The van der Waals surface area contributed by atoms with Crippen molar-refractivity contribution in [1.29, 1.82) is 0 Å². The number of halogens is 2. The van der Waals surface area contributed by atoms with Crippen molar-refractivity contribution in [2.24, 2.45) is 5.92 Å². The Labute approximate surface area is 118 Å². The molecule has 1 heterocycles. The van der Waals surface area contributed by atoms with Crippen molar-refractivity contribution in [3.63, 3.8) is 0 Å². The van der Waals surface area contributed by atoms with Crippen LogP contribution >= 0.6 is 23.2 Å². The molecule has 2 N–H and O–H groups in total. The maximum absolute atomic E-state index is 6.22. The molecule has 18 heavy (non-hydrogen) atoms. The molecular weight excluding hydrogens is 271 g/mol. The highest BCUT2D eigenvalue weighted by atomic mass is 35.5. The van der Waals surface area contributed by atoms with Crippen LogP contribution in [0, 0.1) is 5.92 Å². The van der Waals surface area contributed by atoms with Crippen molar-refractivity contribution in [3.8, 4) is 0 Å². The first kappa shape index (κ1) is 13.8. The van der Waals surface area contributed by atoms with E-state index in [0.29, 0.717) is 21.7 Å². The third-order valence-corrected chi connectivity index (χ3v) is 3.87. The maximum Gasteiger partial charge on any atom is 0.0743 e. The van der Waals surface area contributed by atoms with Crippen LogP contribution in [0.3, 0.4) is 0 Å². The Morgan fingerprint density at radius 1 is 1.28 bits per heavy atom. The molecule has 1 saturated heterocycles. The second-order valence-electron chi connectivity index (χ2n) is 4.77. The number of nitrogens with zero attached hydrogens (tertiary/aromatic N) is 1. The molecule has 1 aromatic rings. The molecule has 5 heteroatoms. The van der Waals surface area contributed by atoms with Gasteiger partial charge in [0.2, 0.25) is 0 Å². The zero-order valence-electron chi connectivity index (χ0n) is 10.5. The number of nitrogen functional groups attached to an aromatic ring is 1. The predicted molar refractivity (Wildman–Crippen MR) is 77.7 cm³/mol. The Hall–Kier alpha value is -0.640. The van der Waals surface area contributed by atoms with Gasteiger partial charge in [-0.2, -0.15) is 0 Å². The lowest BCUT2D eigenvalue weighted by Gasteiger charge is -2.29. The third-order valence-electron chi connectivity index (χ3n) is 3.29. The molecule has 0 spiro atoms. The van der Waals surface area contributed by atoms with Gasteiger partial charge in [-0.25, -0.2) is 0 Å². The van der Waals surface area contributed by atoms with Gasteiger partial charge >= 0.3 is 0 Å². The number of hydrogen-bond acceptors (Lipinski definition) is 3. The highest BCUT2D eigenvalue weighted by Gasteiger charge is 2.19. The van der Waals surface area contributed by atoms with E-state index in [2.05, 4.69) is 4.90 Å². The Morgan fingerprint density at radius 2 is 1.83 bits per heavy atom. The van der Waals surface area contributed by atoms with E-state index in [1.54, 1.807) is 12.1 Å².